The molecule has 0 bridgehead atoms. The molecule has 1 unspecified atom stereocenters. The molecule has 0 amide bonds. The van der Waals surface area contributed by atoms with E-state index in [1.165, 1.54) is 0 Å². The van der Waals surface area contributed by atoms with E-state index in [4.69, 9.17) is 11.6 Å². The van der Waals surface area contributed by atoms with Crippen LogP contribution in [0.5, 0.6) is 0 Å². The van der Waals surface area contributed by atoms with Crippen molar-refractivity contribution >= 4 is 45.1 Å². The molecule has 4 heteroatoms. The van der Waals surface area contributed by atoms with Crippen LogP contribution < -0.4 is 0 Å². The minimum absolute atomic E-state index is 0.0930. The maximum Gasteiger partial charge on any atom is 0.175 e. The predicted octanol–water partition coefficient (Wildman–Crippen LogP) is 5.47. The minimum atomic E-state index is -0.139. The van der Waals surface area contributed by atoms with Crippen molar-refractivity contribution in [3.05, 3.63) is 63.6 Å². The van der Waals surface area contributed by atoms with E-state index in [1.807, 2.05) is 31.2 Å². The molecular weight excluding hydrogens is 344 g/mol. The SMILES string of the molecule is CC(Sc1ccc(Br)cc1)C(=O)c1cccc(Cl)c1. The summed E-state index contributed by atoms with van der Waals surface area (Å²) in [7, 11) is 0. The zero-order valence-electron chi connectivity index (χ0n) is 10.3. The molecule has 2 aromatic rings. The van der Waals surface area contributed by atoms with Gasteiger partial charge in [-0.05, 0) is 43.3 Å². The Morgan fingerprint density at radius 3 is 2.53 bits per heavy atom. The Kier molecular flexibility index (Phi) is 5.08. The van der Waals surface area contributed by atoms with Crippen LogP contribution in [0, 0.1) is 0 Å². The van der Waals surface area contributed by atoms with Gasteiger partial charge in [0, 0.05) is 20.0 Å². The van der Waals surface area contributed by atoms with Gasteiger partial charge in [0.25, 0.3) is 0 Å². The van der Waals surface area contributed by atoms with Crippen LogP contribution in [0.3, 0.4) is 0 Å². The molecule has 2 rings (SSSR count). The monoisotopic (exact) mass is 354 g/mol. The van der Waals surface area contributed by atoms with Crippen LogP contribution in [-0.2, 0) is 0 Å². The van der Waals surface area contributed by atoms with E-state index < -0.39 is 0 Å². The summed E-state index contributed by atoms with van der Waals surface area (Å²) in [5, 5.41) is 0.450. The lowest BCUT2D eigenvalue weighted by atomic mass is 10.1. The largest absolute Gasteiger partial charge is 0.293 e. The van der Waals surface area contributed by atoms with Gasteiger partial charge in [0.2, 0.25) is 0 Å². The van der Waals surface area contributed by atoms with E-state index >= 15 is 0 Å². The fraction of sp³-hybridized carbons (Fsp3) is 0.133. The van der Waals surface area contributed by atoms with Gasteiger partial charge < -0.3 is 0 Å². The molecule has 1 nitrogen and oxygen atoms in total. The standard InChI is InChI=1S/C15H12BrClOS/c1-10(19-14-7-5-12(16)6-8-14)15(18)11-3-2-4-13(17)9-11/h2-10H,1H3. The summed E-state index contributed by atoms with van der Waals surface area (Å²) >= 11 is 10.8. The smallest absolute Gasteiger partial charge is 0.175 e. The quantitative estimate of drug-likeness (QED) is 0.534. The first-order chi connectivity index (χ1) is 9.06. The second kappa shape index (κ2) is 6.60. The molecule has 0 saturated carbocycles. The van der Waals surface area contributed by atoms with E-state index in [9.17, 15) is 4.79 Å². The fourth-order valence-corrected chi connectivity index (χ4v) is 3.05. The zero-order chi connectivity index (χ0) is 13.8. The molecule has 98 valence electrons. The Morgan fingerprint density at radius 1 is 1.21 bits per heavy atom. The van der Waals surface area contributed by atoms with Crippen molar-refractivity contribution in [2.24, 2.45) is 0 Å². The highest BCUT2D eigenvalue weighted by Gasteiger charge is 2.16. The molecule has 19 heavy (non-hydrogen) atoms. The lowest BCUT2D eigenvalue weighted by Crippen LogP contribution is -2.13. The van der Waals surface area contributed by atoms with Crippen molar-refractivity contribution in [3.63, 3.8) is 0 Å². The average Bonchev–Trinajstić information content (AvgIpc) is 2.40. The Balaban J connectivity index is 2.09. The first-order valence-corrected chi connectivity index (χ1v) is 7.83. The molecule has 2 aromatic carbocycles. The normalized spacial score (nSPS) is 12.2. The number of halogens is 2. The van der Waals surface area contributed by atoms with Gasteiger partial charge in [0.15, 0.2) is 5.78 Å². The Bertz CT molecular complexity index is 583. The van der Waals surface area contributed by atoms with Crippen LogP contribution in [0.15, 0.2) is 57.9 Å². The van der Waals surface area contributed by atoms with Crippen LogP contribution in [0.1, 0.15) is 17.3 Å². The fourth-order valence-electron chi connectivity index (χ4n) is 1.65. The van der Waals surface area contributed by atoms with E-state index in [0.29, 0.717) is 10.6 Å². The van der Waals surface area contributed by atoms with Crippen molar-refractivity contribution in [1.82, 2.24) is 0 Å². The number of carbonyl (C=O) groups excluding carboxylic acids is 1. The molecule has 0 aromatic heterocycles. The number of hydrogen-bond donors (Lipinski definition) is 0. The van der Waals surface area contributed by atoms with Crippen LogP contribution >= 0.6 is 39.3 Å². The summed E-state index contributed by atoms with van der Waals surface area (Å²) in [5.41, 5.74) is 0.657. The summed E-state index contributed by atoms with van der Waals surface area (Å²) < 4.78 is 1.03. The Labute approximate surface area is 130 Å². The highest BCUT2D eigenvalue weighted by Crippen LogP contribution is 2.27. The number of carbonyl (C=O) groups is 1. The molecule has 0 saturated heterocycles. The molecule has 0 aliphatic rings. The number of benzene rings is 2. The van der Waals surface area contributed by atoms with Crippen molar-refractivity contribution in [1.29, 1.82) is 0 Å². The summed E-state index contributed by atoms with van der Waals surface area (Å²) in [6.45, 7) is 1.91. The third kappa shape index (κ3) is 4.10. The Morgan fingerprint density at radius 2 is 1.89 bits per heavy atom. The number of Topliss-reactive ketones (excluding diaryl/α,β-unsaturated/α-hetero) is 1. The van der Waals surface area contributed by atoms with Crippen molar-refractivity contribution in [2.75, 3.05) is 0 Å². The van der Waals surface area contributed by atoms with E-state index in [1.54, 1.807) is 36.0 Å². The van der Waals surface area contributed by atoms with Gasteiger partial charge in [0.1, 0.15) is 0 Å². The van der Waals surface area contributed by atoms with Crippen molar-refractivity contribution < 1.29 is 4.79 Å². The van der Waals surface area contributed by atoms with Gasteiger partial charge in [0.05, 0.1) is 5.25 Å². The first-order valence-electron chi connectivity index (χ1n) is 5.78. The van der Waals surface area contributed by atoms with Crippen LogP contribution in [0.4, 0.5) is 0 Å². The Hall–Kier alpha value is -0.770. The molecule has 0 radical (unpaired) electrons. The van der Waals surface area contributed by atoms with E-state index in [-0.39, 0.29) is 11.0 Å². The molecule has 1 atom stereocenters. The van der Waals surface area contributed by atoms with Crippen LogP contribution in [-0.4, -0.2) is 11.0 Å². The third-order valence-electron chi connectivity index (χ3n) is 2.60. The van der Waals surface area contributed by atoms with Gasteiger partial charge in [-0.1, -0.05) is 39.7 Å². The summed E-state index contributed by atoms with van der Waals surface area (Å²) in [6, 6.07) is 15.0. The van der Waals surface area contributed by atoms with Crippen molar-refractivity contribution in [2.45, 2.75) is 17.1 Å². The summed E-state index contributed by atoms with van der Waals surface area (Å²) in [5.74, 6) is 0.0930. The molecule has 0 fully saturated rings. The maximum absolute atomic E-state index is 12.3. The highest BCUT2D eigenvalue weighted by atomic mass is 79.9. The molecule has 0 aliphatic heterocycles. The van der Waals surface area contributed by atoms with Gasteiger partial charge in [-0.25, -0.2) is 0 Å². The number of thioether (sulfide) groups is 1. The summed E-state index contributed by atoms with van der Waals surface area (Å²) in [6.07, 6.45) is 0. The number of rotatable bonds is 4. The molecule has 0 heterocycles. The average molecular weight is 356 g/mol. The second-order valence-electron chi connectivity index (χ2n) is 4.09. The minimum Gasteiger partial charge on any atom is -0.293 e. The van der Waals surface area contributed by atoms with Crippen molar-refractivity contribution in [3.8, 4) is 0 Å². The second-order valence-corrected chi connectivity index (χ2v) is 6.85. The molecule has 0 N–H and O–H groups in total. The zero-order valence-corrected chi connectivity index (χ0v) is 13.4. The summed E-state index contributed by atoms with van der Waals surface area (Å²) in [4.78, 5) is 13.4. The number of ketones is 1. The van der Waals surface area contributed by atoms with Crippen LogP contribution in [0.2, 0.25) is 5.02 Å². The lowest BCUT2D eigenvalue weighted by Gasteiger charge is -2.10. The maximum atomic E-state index is 12.3. The van der Waals surface area contributed by atoms with Gasteiger partial charge in [-0.2, -0.15) is 0 Å². The topological polar surface area (TPSA) is 17.1 Å². The molecule has 0 spiro atoms. The van der Waals surface area contributed by atoms with Gasteiger partial charge >= 0.3 is 0 Å². The lowest BCUT2D eigenvalue weighted by molar-refractivity contribution is 0.0994. The highest BCUT2D eigenvalue weighted by molar-refractivity contribution is 9.10. The van der Waals surface area contributed by atoms with E-state index in [0.717, 1.165) is 9.37 Å². The molecular formula is C15H12BrClOS. The van der Waals surface area contributed by atoms with E-state index in [2.05, 4.69) is 15.9 Å². The predicted molar refractivity (Wildman–Crippen MR) is 85.2 cm³/mol. The van der Waals surface area contributed by atoms with Gasteiger partial charge in [-0.3, -0.25) is 4.79 Å². The van der Waals surface area contributed by atoms with Gasteiger partial charge in [-0.15, -0.1) is 11.8 Å². The molecule has 0 aliphatic carbocycles. The van der Waals surface area contributed by atoms with Crippen LogP contribution in [0.25, 0.3) is 0 Å². The first kappa shape index (κ1) is 14.6. The third-order valence-corrected chi connectivity index (χ3v) is 4.48. The number of hydrogen-bond acceptors (Lipinski definition) is 2.